The zero-order valence-corrected chi connectivity index (χ0v) is 6.97. The second-order valence-corrected chi connectivity index (χ2v) is 2.80. The highest BCUT2D eigenvalue weighted by Crippen LogP contribution is 1.89. The van der Waals surface area contributed by atoms with Gasteiger partial charge in [0, 0.05) is 45.9 Å². The highest BCUT2D eigenvalue weighted by molar-refractivity contribution is 4.67. The lowest BCUT2D eigenvalue weighted by Gasteiger charge is -2.26. The van der Waals surface area contributed by atoms with Crippen LogP contribution in [-0.2, 0) is 0 Å². The first kappa shape index (κ1) is 8.93. The van der Waals surface area contributed by atoms with E-state index in [2.05, 4.69) is 15.5 Å². The summed E-state index contributed by atoms with van der Waals surface area (Å²) in [6.07, 6.45) is 0. The molecule has 0 aromatic heterocycles. The van der Waals surface area contributed by atoms with Gasteiger partial charge in [0.25, 0.3) is 0 Å². The van der Waals surface area contributed by atoms with Gasteiger partial charge in [-0.2, -0.15) is 0 Å². The van der Waals surface area contributed by atoms with Crippen LogP contribution < -0.4 is 16.4 Å². The van der Waals surface area contributed by atoms with Crippen molar-refractivity contribution in [3.63, 3.8) is 0 Å². The van der Waals surface area contributed by atoms with Crippen LogP contribution in [0.4, 0.5) is 0 Å². The molecule has 4 N–H and O–H groups in total. The molecule has 0 amide bonds. The molecular weight excluding hydrogens is 140 g/mol. The zero-order chi connectivity index (χ0) is 7.94. The molecule has 1 fully saturated rings. The van der Waals surface area contributed by atoms with Crippen molar-refractivity contribution in [3.8, 4) is 0 Å². The molecule has 66 valence electrons. The average Bonchev–Trinajstić information content (AvgIpc) is 2.07. The van der Waals surface area contributed by atoms with E-state index in [1.807, 2.05) is 0 Å². The largest absolute Gasteiger partial charge is 0.318 e. The van der Waals surface area contributed by atoms with Crippen LogP contribution in [0.3, 0.4) is 0 Å². The fraction of sp³-hybridized carbons (Fsp3) is 1.00. The minimum Gasteiger partial charge on any atom is -0.318 e. The maximum atomic E-state index is 5.30. The van der Waals surface area contributed by atoms with Crippen molar-refractivity contribution in [1.82, 2.24) is 15.5 Å². The molecule has 0 spiro atoms. The number of nitrogens with two attached hydrogens (primary N) is 1. The molecule has 0 aliphatic carbocycles. The minimum absolute atomic E-state index is 0.589. The van der Waals surface area contributed by atoms with Gasteiger partial charge < -0.3 is 16.4 Å². The van der Waals surface area contributed by atoms with Gasteiger partial charge in [-0.25, -0.2) is 0 Å². The molecule has 1 aliphatic rings. The van der Waals surface area contributed by atoms with Crippen LogP contribution in [0.15, 0.2) is 0 Å². The molecule has 0 bridgehead atoms. The molecule has 0 aromatic carbocycles. The van der Waals surface area contributed by atoms with E-state index in [0.717, 1.165) is 26.2 Å². The van der Waals surface area contributed by atoms with Gasteiger partial charge >= 0.3 is 0 Å². The van der Waals surface area contributed by atoms with E-state index in [0.29, 0.717) is 6.67 Å². The monoisotopic (exact) mass is 158 g/mol. The van der Waals surface area contributed by atoms with Gasteiger partial charge in [0.2, 0.25) is 0 Å². The van der Waals surface area contributed by atoms with Gasteiger partial charge in [0.1, 0.15) is 0 Å². The van der Waals surface area contributed by atoms with Gasteiger partial charge in [-0.1, -0.05) is 0 Å². The second kappa shape index (κ2) is 5.49. The van der Waals surface area contributed by atoms with Gasteiger partial charge in [0.15, 0.2) is 0 Å². The normalized spacial score (nSPS) is 20.5. The first-order valence-corrected chi connectivity index (χ1v) is 4.27. The second-order valence-electron chi connectivity index (χ2n) is 2.80. The topological polar surface area (TPSA) is 53.3 Å². The quantitative estimate of drug-likeness (QED) is 0.341. The summed E-state index contributed by atoms with van der Waals surface area (Å²) in [5.41, 5.74) is 5.30. The third kappa shape index (κ3) is 3.67. The number of nitrogens with one attached hydrogen (secondary N) is 2. The lowest BCUT2D eigenvalue weighted by Crippen LogP contribution is -2.46. The van der Waals surface area contributed by atoms with Crippen LogP contribution in [-0.4, -0.2) is 50.8 Å². The number of hydrogen-bond donors (Lipinski definition) is 3. The summed E-state index contributed by atoms with van der Waals surface area (Å²) in [4.78, 5) is 2.44. The molecule has 0 saturated carbocycles. The Labute approximate surface area is 68.1 Å². The van der Waals surface area contributed by atoms with Gasteiger partial charge in [-0.15, -0.1) is 0 Å². The maximum Gasteiger partial charge on any atom is 0.0429 e. The van der Waals surface area contributed by atoms with E-state index in [1.54, 1.807) is 0 Å². The highest BCUT2D eigenvalue weighted by Gasteiger charge is 2.07. The molecule has 1 heterocycles. The Hall–Kier alpha value is -0.160. The van der Waals surface area contributed by atoms with Gasteiger partial charge in [-0.3, -0.25) is 4.90 Å². The van der Waals surface area contributed by atoms with Crippen molar-refractivity contribution in [2.24, 2.45) is 5.73 Å². The lowest BCUT2D eigenvalue weighted by atomic mass is 10.3. The first-order chi connectivity index (χ1) is 5.43. The molecule has 4 nitrogen and oxygen atoms in total. The standard InChI is InChI=1S/C7H18N4/c8-7-10-3-6-11-4-1-9-2-5-11/h9-10H,1-8H2. The van der Waals surface area contributed by atoms with E-state index < -0.39 is 0 Å². The van der Waals surface area contributed by atoms with E-state index in [9.17, 15) is 0 Å². The van der Waals surface area contributed by atoms with E-state index in [4.69, 9.17) is 5.73 Å². The predicted molar refractivity (Wildman–Crippen MR) is 46.4 cm³/mol. The van der Waals surface area contributed by atoms with Crippen molar-refractivity contribution in [2.75, 3.05) is 45.9 Å². The Balaban J connectivity index is 1.96. The fourth-order valence-electron chi connectivity index (χ4n) is 1.27. The third-order valence-corrected chi connectivity index (χ3v) is 1.96. The van der Waals surface area contributed by atoms with Crippen molar-refractivity contribution >= 4 is 0 Å². The summed E-state index contributed by atoms with van der Waals surface area (Å²) >= 11 is 0. The molecule has 1 aliphatic heterocycles. The lowest BCUT2D eigenvalue weighted by molar-refractivity contribution is 0.241. The molecule has 11 heavy (non-hydrogen) atoms. The van der Waals surface area contributed by atoms with Crippen LogP contribution in [0.1, 0.15) is 0 Å². The van der Waals surface area contributed by atoms with Gasteiger partial charge in [0.05, 0.1) is 0 Å². The molecular formula is C7H18N4. The van der Waals surface area contributed by atoms with Crippen LogP contribution in [0.5, 0.6) is 0 Å². The molecule has 0 atom stereocenters. The van der Waals surface area contributed by atoms with E-state index in [-0.39, 0.29) is 0 Å². The highest BCUT2D eigenvalue weighted by atomic mass is 15.2. The molecule has 0 unspecified atom stereocenters. The Morgan fingerprint density at radius 3 is 2.73 bits per heavy atom. The molecule has 1 rings (SSSR count). The summed E-state index contributed by atoms with van der Waals surface area (Å²) in [6.45, 7) is 7.32. The van der Waals surface area contributed by atoms with Crippen molar-refractivity contribution in [3.05, 3.63) is 0 Å². The molecule has 0 radical (unpaired) electrons. The molecule has 4 heteroatoms. The Bertz CT molecular complexity index is 90.4. The summed E-state index contributed by atoms with van der Waals surface area (Å²) in [5.74, 6) is 0. The summed E-state index contributed by atoms with van der Waals surface area (Å²) in [6, 6.07) is 0. The first-order valence-electron chi connectivity index (χ1n) is 4.27. The summed E-state index contributed by atoms with van der Waals surface area (Å²) in [5, 5.41) is 6.43. The van der Waals surface area contributed by atoms with E-state index >= 15 is 0 Å². The number of piperazine rings is 1. The zero-order valence-electron chi connectivity index (χ0n) is 6.97. The third-order valence-electron chi connectivity index (χ3n) is 1.96. The van der Waals surface area contributed by atoms with Crippen LogP contribution in [0.25, 0.3) is 0 Å². The summed E-state index contributed by atoms with van der Waals surface area (Å²) < 4.78 is 0. The average molecular weight is 158 g/mol. The van der Waals surface area contributed by atoms with Crippen LogP contribution in [0.2, 0.25) is 0 Å². The molecule has 0 aromatic rings. The minimum atomic E-state index is 0.589. The van der Waals surface area contributed by atoms with Crippen molar-refractivity contribution < 1.29 is 0 Å². The molecule has 1 saturated heterocycles. The van der Waals surface area contributed by atoms with Crippen molar-refractivity contribution in [1.29, 1.82) is 0 Å². The Morgan fingerprint density at radius 2 is 2.09 bits per heavy atom. The smallest absolute Gasteiger partial charge is 0.0429 e. The SMILES string of the molecule is NCNCCN1CCNCC1. The van der Waals surface area contributed by atoms with E-state index in [1.165, 1.54) is 13.1 Å². The number of rotatable bonds is 4. The Morgan fingerprint density at radius 1 is 1.36 bits per heavy atom. The Kier molecular flexibility index (Phi) is 4.45. The van der Waals surface area contributed by atoms with Gasteiger partial charge in [-0.05, 0) is 0 Å². The summed E-state index contributed by atoms with van der Waals surface area (Å²) in [7, 11) is 0. The predicted octanol–water partition coefficient (Wildman–Crippen LogP) is -1.60. The van der Waals surface area contributed by atoms with Crippen LogP contribution in [0, 0.1) is 0 Å². The number of hydrogen-bond acceptors (Lipinski definition) is 4. The maximum absolute atomic E-state index is 5.30. The van der Waals surface area contributed by atoms with Crippen molar-refractivity contribution in [2.45, 2.75) is 0 Å². The number of nitrogens with zero attached hydrogens (tertiary/aromatic N) is 1. The van der Waals surface area contributed by atoms with Crippen LogP contribution >= 0.6 is 0 Å². The fourth-order valence-corrected chi connectivity index (χ4v) is 1.27.